The van der Waals surface area contributed by atoms with Gasteiger partial charge in [0, 0.05) is 88.2 Å². The Morgan fingerprint density at radius 2 is 0.402 bits per heavy atom. The van der Waals surface area contributed by atoms with Crippen LogP contribution >= 0.6 is 0 Å². The van der Waals surface area contributed by atoms with Crippen LogP contribution < -0.4 is 0 Å². The SMILES string of the molecule is c1ccc(-c2cccc(-c3nc(-c4ccc(-c5nc6ccccc6c6c5c5ccccc5n6-c5ccccc5)cc4)nc(-c4cccc(-c5ccccc5)c4)n3)c2)cc1.c1ccc(-c2cccc(-c3nc(-c4ccccc4)nc(-c4ccc(-c5nc6ccccc6c6c5c5ccccc5n6-c5ccccc5)cc4)n3)c2)cc1. The van der Waals surface area contributed by atoms with Gasteiger partial charge in [-0.25, -0.2) is 39.9 Å². The van der Waals surface area contributed by atoms with Crippen molar-refractivity contribution in [1.29, 1.82) is 0 Å². The Morgan fingerprint density at radius 1 is 0.161 bits per heavy atom. The Morgan fingerprint density at radius 3 is 0.741 bits per heavy atom. The summed E-state index contributed by atoms with van der Waals surface area (Å²) in [5, 5.41) is 6.80. The summed E-state index contributed by atoms with van der Waals surface area (Å²) in [5.41, 5.74) is 24.8. The lowest BCUT2D eigenvalue weighted by Crippen LogP contribution is -2.00. The van der Waals surface area contributed by atoms with E-state index in [4.69, 9.17) is 39.9 Å². The van der Waals surface area contributed by atoms with Gasteiger partial charge in [-0.2, -0.15) is 0 Å². The summed E-state index contributed by atoms with van der Waals surface area (Å²) in [4.78, 5) is 41.1. The second-order valence-electron chi connectivity index (χ2n) is 27.8. The Kier molecular flexibility index (Phi) is 17.0. The van der Waals surface area contributed by atoms with Crippen molar-refractivity contribution in [2.75, 3.05) is 0 Å². The Hall–Kier alpha value is -15.3. The second kappa shape index (κ2) is 28.8. The molecule has 6 aromatic heterocycles. The number of hydrogen-bond acceptors (Lipinski definition) is 8. The van der Waals surface area contributed by atoms with Crippen molar-refractivity contribution in [3.8, 4) is 136 Å². The number of rotatable bonds is 13. The van der Waals surface area contributed by atoms with Crippen molar-refractivity contribution >= 4 is 65.4 Å². The lowest BCUT2D eigenvalue weighted by atomic mass is 10.0. The van der Waals surface area contributed by atoms with E-state index < -0.39 is 0 Å². The number of pyridine rings is 2. The van der Waals surface area contributed by atoms with Gasteiger partial charge in [-0.15, -0.1) is 0 Å². The smallest absolute Gasteiger partial charge is 0.164 e. The van der Waals surface area contributed by atoms with E-state index in [-0.39, 0.29) is 0 Å². The van der Waals surface area contributed by atoms with Crippen molar-refractivity contribution in [3.05, 3.63) is 400 Å². The summed E-state index contributed by atoms with van der Waals surface area (Å²) in [7, 11) is 0. The maximum absolute atomic E-state index is 5.35. The number of para-hydroxylation sites is 6. The summed E-state index contributed by atoms with van der Waals surface area (Å²) < 4.78 is 4.75. The van der Waals surface area contributed by atoms with Gasteiger partial charge >= 0.3 is 0 Å². The maximum Gasteiger partial charge on any atom is 0.164 e. The fraction of sp³-hybridized carbons (Fsp3) is 0. The van der Waals surface area contributed by atoms with Crippen molar-refractivity contribution in [1.82, 2.24) is 49.0 Å². The highest BCUT2D eigenvalue weighted by atomic mass is 15.0. The first kappa shape index (κ1) is 66.2. The average Bonchev–Trinajstić information content (AvgIpc) is 1.56. The lowest BCUT2D eigenvalue weighted by molar-refractivity contribution is 1.07. The quantitative estimate of drug-likeness (QED) is 0.112. The molecule has 0 saturated heterocycles. The summed E-state index contributed by atoms with van der Waals surface area (Å²) in [6, 6.07) is 139. The van der Waals surface area contributed by atoms with E-state index in [2.05, 4.69) is 361 Å². The van der Waals surface area contributed by atoms with Gasteiger partial charge in [0.15, 0.2) is 34.9 Å². The molecule has 10 nitrogen and oxygen atoms in total. The average molecular weight is 1430 g/mol. The predicted molar refractivity (Wildman–Crippen MR) is 459 cm³/mol. The number of aromatic nitrogens is 10. The molecule has 21 rings (SSSR count). The third-order valence-corrected chi connectivity index (χ3v) is 20.9. The molecule has 0 spiro atoms. The number of hydrogen-bond donors (Lipinski definition) is 0. The molecule has 524 valence electrons. The molecule has 0 saturated carbocycles. The molecule has 0 unspecified atom stereocenters. The van der Waals surface area contributed by atoms with E-state index >= 15 is 0 Å². The minimum atomic E-state index is 0.601. The van der Waals surface area contributed by atoms with Gasteiger partial charge in [0.1, 0.15) is 0 Å². The largest absolute Gasteiger partial charge is 0.308 e. The number of nitrogens with zero attached hydrogens (tertiary/aromatic N) is 10. The van der Waals surface area contributed by atoms with Crippen LogP contribution in [0.15, 0.2) is 400 Å². The molecule has 21 aromatic rings. The molecule has 0 amide bonds. The highest BCUT2D eigenvalue weighted by Gasteiger charge is 2.24. The van der Waals surface area contributed by atoms with Crippen LogP contribution in [0.5, 0.6) is 0 Å². The van der Waals surface area contributed by atoms with Crippen molar-refractivity contribution in [2.24, 2.45) is 0 Å². The van der Waals surface area contributed by atoms with Gasteiger partial charge in [0.05, 0.1) is 44.5 Å². The van der Waals surface area contributed by atoms with Gasteiger partial charge in [0.25, 0.3) is 0 Å². The monoisotopic (exact) mass is 1430 g/mol. The van der Waals surface area contributed by atoms with Crippen LogP contribution in [0.1, 0.15) is 0 Å². The van der Waals surface area contributed by atoms with Gasteiger partial charge in [-0.1, -0.05) is 334 Å². The van der Waals surface area contributed by atoms with Crippen LogP contribution in [0.25, 0.3) is 201 Å². The van der Waals surface area contributed by atoms with Gasteiger partial charge < -0.3 is 9.13 Å². The zero-order chi connectivity index (χ0) is 74.3. The Labute approximate surface area is 646 Å². The predicted octanol–water partition coefficient (Wildman–Crippen LogP) is 25.4. The molecule has 0 bridgehead atoms. The molecule has 6 heterocycles. The molecule has 0 aliphatic rings. The number of fused-ring (bicyclic) bond motifs is 10. The number of benzene rings is 15. The van der Waals surface area contributed by atoms with E-state index in [9.17, 15) is 0 Å². The molecule has 0 aliphatic carbocycles. The molecule has 10 heteroatoms. The fourth-order valence-corrected chi connectivity index (χ4v) is 15.5. The normalized spacial score (nSPS) is 11.4. The van der Waals surface area contributed by atoms with Crippen molar-refractivity contribution < 1.29 is 0 Å². The summed E-state index contributed by atoms with van der Waals surface area (Å²) >= 11 is 0. The molecule has 15 aromatic carbocycles. The summed E-state index contributed by atoms with van der Waals surface area (Å²) in [6.45, 7) is 0. The maximum atomic E-state index is 5.35. The molecular weight excluding hydrogens is 1370 g/mol. The molecule has 112 heavy (non-hydrogen) atoms. The first-order chi connectivity index (χ1) is 55.5. The first-order valence-electron chi connectivity index (χ1n) is 37.5. The molecule has 0 aliphatic heterocycles. The molecule has 0 fully saturated rings. The molecule has 0 atom stereocenters. The summed E-state index contributed by atoms with van der Waals surface area (Å²) in [6.07, 6.45) is 0. The highest BCUT2D eigenvalue weighted by Crippen LogP contribution is 2.45. The second-order valence-corrected chi connectivity index (χ2v) is 27.8. The van der Waals surface area contributed by atoms with Gasteiger partial charge in [-0.05, 0) is 100 Å². The van der Waals surface area contributed by atoms with Gasteiger partial charge in [-0.3, -0.25) is 0 Å². The Balaban J connectivity index is 0.000000147. The van der Waals surface area contributed by atoms with E-state index in [1.807, 2.05) is 48.5 Å². The zero-order valence-corrected chi connectivity index (χ0v) is 60.6. The van der Waals surface area contributed by atoms with Crippen LogP contribution in [0.4, 0.5) is 0 Å². The third kappa shape index (κ3) is 12.4. The van der Waals surface area contributed by atoms with E-state index in [1.54, 1.807) is 0 Å². The van der Waals surface area contributed by atoms with Crippen LogP contribution in [0, 0.1) is 0 Å². The fourth-order valence-electron chi connectivity index (χ4n) is 15.5. The van der Waals surface area contributed by atoms with Gasteiger partial charge in [0.2, 0.25) is 0 Å². The molecule has 0 radical (unpaired) electrons. The van der Waals surface area contributed by atoms with E-state index in [0.29, 0.717) is 34.9 Å². The van der Waals surface area contributed by atoms with E-state index in [0.717, 1.165) is 166 Å². The van der Waals surface area contributed by atoms with Crippen LogP contribution in [0.3, 0.4) is 0 Å². The molecular formula is C102H66N10. The zero-order valence-electron chi connectivity index (χ0n) is 60.6. The lowest BCUT2D eigenvalue weighted by Gasteiger charge is -2.12. The van der Waals surface area contributed by atoms with Crippen molar-refractivity contribution in [3.63, 3.8) is 0 Å². The van der Waals surface area contributed by atoms with Crippen LogP contribution in [-0.4, -0.2) is 49.0 Å². The first-order valence-corrected chi connectivity index (χ1v) is 37.5. The van der Waals surface area contributed by atoms with E-state index in [1.165, 1.54) is 0 Å². The Bertz CT molecular complexity index is 6970. The van der Waals surface area contributed by atoms with Crippen LogP contribution in [0.2, 0.25) is 0 Å². The molecule has 0 N–H and O–H groups in total. The minimum Gasteiger partial charge on any atom is -0.308 e. The van der Waals surface area contributed by atoms with Crippen LogP contribution in [-0.2, 0) is 0 Å². The standard InChI is InChI=1S/C54H35N5.C48H31N5/c1-4-16-36(17-5-1)40-20-14-22-42(34-40)53-56-52(57-54(58-53)43-23-15-21-41(35-43)37-18-6-2-7-19-37)39-32-30-38(31-33-39)50-49-46-27-11-13-29-48(46)59(44-24-8-3-9-25-44)51(49)45-26-10-12-28-47(45)55-50;1-4-15-32(16-5-1)36-19-14-20-37(31-36)48-51-46(34-17-6-2-7-18-34)50-47(52-48)35-29-27-33(28-30-35)44-43-40-24-11-13-26-42(40)53(38-21-8-3-9-22-38)45(43)39-23-10-12-25-41(39)49-44/h1-35H;1-31H. The summed E-state index contributed by atoms with van der Waals surface area (Å²) in [5.74, 6) is 3.70. The van der Waals surface area contributed by atoms with Crippen molar-refractivity contribution in [2.45, 2.75) is 0 Å². The minimum absolute atomic E-state index is 0.601. The topological polar surface area (TPSA) is 113 Å². The third-order valence-electron chi connectivity index (χ3n) is 20.9. The highest BCUT2D eigenvalue weighted by molar-refractivity contribution is 6.24.